The summed E-state index contributed by atoms with van der Waals surface area (Å²) >= 11 is 11.9. The molecule has 0 aliphatic rings. The van der Waals surface area contributed by atoms with E-state index >= 15 is 0 Å². The summed E-state index contributed by atoms with van der Waals surface area (Å²) in [6.07, 6.45) is 0. The van der Waals surface area contributed by atoms with Gasteiger partial charge in [0.25, 0.3) is 0 Å². The predicted octanol–water partition coefficient (Wildman–Crippen LogP) is 5.55. The van der Waals surface area contributed by atoms with Crippen LogP contribution in [0, 0.1) is 0 Å². The lowest BCUT2D eigenvalue weighted by Gasteiger charge is -2.21. The highest BCUT2D eigenvalue weighted by Crippen LogP contribution is 2.34. The molecule has 2 rings (SSSR count). The zero-order valence-corrected chi connectivity index (χ0v) is 13.8. The number of hydrogen-bond acceptors (Lipinski definition) is 2. The Balaban J connectivity index is 2.63. The second-order valence-electron chi connectivity index (χ2n) is 5.09. The van der Waals surface area contributed by atoms with Gasteiger partial charge in [0.1, 0.15) is 0 Å². The molecule has 22 heavy (non-hydrogen) atoms. The van der Waals surface area contributed by atoms with Crippen molar-refractivity contribution in [1.29, 1.82) is 0 Å². The summed E-state index contributed by atoms with van der Waals surface area (Å²) in [6.45, 7) is 2.98. The number of rotatable bonds is 4. The van der Waals surface area contributed by atoms with Gasteiger partial charge >= 0.3 is 0 Å². The lowest BCUT2D eigenvalue weighted by molar-refractivity contribution is -0.114. The van der Waals surface area contributed by atoms with Crippen molar-refractivity contribution in [3.8, 4) is 0 Å². The number of benzene rings is 2. The van der Waals surface area contributed by atoms with Gasteiger partial charge in [0.2, 0.25) is 0 Å². The smallest absolute Gasteiger partial charge is 0.160 e. The van der Waals surface area contributed by atoms with E-state index < -0.39 is 0 Å². The maximum atomic E-state index is 12.0. The summed E-state index contributed by atoms with van der Waals surface area (Å²) in [5, 5.41) is 11.2. The summed E-state index contributed by atoms with van der Waals surface area (Å²) in [6, 6.07) is 14.5. The highest BCUT2D eigenvalue weighted by atomic mass is 35.5. The maximum absolute atomic E-state index is 12.0. The molecule has 0 heterocycles. The standard InChI is InChI=1S/C18H16Cl2O2/c1-11(21)17(12(2)22)18(13-3-7-15(19)8-4-13)14-5-9-16(20)10-6-14/h3-10,18,21H,1-2H3/b17-11+. The number of hydrogen-bond donors (Lipinski definition) is 1. The van der Waals surface area contributed by atoms with Crippen LogP contribution in [0.2, 0.25) is 10.0 Å². The highest BCUT2D eigenvalue weighted by Gasteiger charge is 2.24. The summed E-state index contributed by atoms with van der Waals surface area (Å²) in [5.74, 6) is -0.519. The van der Waals surface area contributed by atoms with Gasteiger partial charge < -0.3 is 5.11 Å². The lowest BCUT2D eigenvalue weighted by atomic mass is 9.82. The maximum Gasteiger partial charge on any atom is 0.160 e. The van der Waals surface area contributed by atoms with E-state index in [2.05, 4.69) is 0 Å². The molecule has 0 amide bonds. The molecule has 1 N–H and O–H groups in total. The molecule has 4 heteroatoms. The first-order valence-corrected chi connectivity index (χ1v) is 7.57. The quantitative estimate of drug-likeness (QED) is 0.588. The summed E-state index contributed by atoms with van der Waals surface area (Å²) in [5.41, 5.74) is 2.13. The minimum absolute atomic E-state index is 0.0161. The van der Waals surface area contributed by atoms with Crippen molar-refractivity contribution in [2.24, 2.45) is 0 Å². The van der Waals surface area contributed by atoms with Crippen molar-refractivity contribution in [2.75, 3.05) is 0 Å². The molecule has 0 fully saturated rings. The zero-order chi connectivity index (χ0) is 16.3. The monoisotopic (exact) mass is 334 g/mol. The molecule has 114 valence electrons. The van der Waals surface area contributed by atoms with Crippen LogP contribution in [0.5, 0.6) is 0 Å². The Bertz CT molecular complexity index is 651. The molecule has 0 spiro atoms. The normalized spacial score (nSPS) is 12.2. The summed E-state index contributed by atoms with van der Waals surface area (Å²) in [7, 11) is 0. The lowest BCUT2D eigenvalue weighted by Crippen LogP contribution is -2.13. The largest absolute Gasteiger partial charge is 0.512 e. The van der Waals surface area contributed by atoms with E-state index in [9.17, 15) is 9.90 Å². The van der Waals surface area contributed by atoms with Gasteiger partial charge in [-0.3, -0.25) is 4.79 Å². The third-order valence-corrected chi connectivity index (χ3v) is 3.97. The average Bonchev–Trinajstić information content (AvgIpc) is 2.46. The number of carbonyl (C=O) groups is 1. The first kappa shape index (κ1) is 16.6. The van der Waals surface area contributed by atoms with Gasteiger partial charge in [0.05, 0.1) is 5.76 Å². The topological polar surface area (TPSA) is 37.3 Å². The van der Waals surface area contributed by atoms with Crippen LogP contribution in [0.1, 0.15) is 30.9 Å². The van der Waals surface area contributed by atoms with Crippen molar-refractivity contribution in [2.45, 2.75) is 19.8 Å². The van der Waals surface area contributed by atoms with Crippen LogP contribution >= 0.6 is 23.2 Å². The van der Waals surface area contributed by atoms with Crippen LogP contribution < -0.4 is 0 Å². The van der Waals surface area contributed by atoms with E-state index in [1.54, 1.807) is 24.3 Å². The van der Waals surface area contributed by atoms with Crippen molar-refractivity contribution < 1.29 is 9.90 Å². The Hall–Kier alpha value is -1.77. The van der Waals surface area contributed by atoms with Crippen molar-refractivity contribution in [3.63, 3.8) is 0 Å². The van der Waals surface area contributed by atoms with E-state index in [1.165, 1.54) is 13.8 Å². The molecule has 0 bridgehead atoms. The molecule has 0 aliphatic heterocycles. The van der Waals surface area contributed by atoms with Gasteiger partial charge in [-0.05, 0) is 49.2 Å². The minimum Gasteiger partial charge on any atom is -0.512 e. The average molecular weight is 335 g/mol. The molecule has 0 radical (unpaired) electrons. The zero-order valence-electron chi connectivity index (χ0n) is 12.3. The van der Waals surface area contributed by atoms with Gasteiger partial charge in [-0.25, -0.2) is 0 Å². The second-order valence-corrected chi connectivity index (χ2v) is 5.96. The van der Waals surface area contributed by atoms with Gasteiger partial charge in [0, 0.05) is 21.5 Å². The van der Waals surface area contributed by atoms with Crippen LogP contribution in [0.3, 0.4) is 0 Å². The van der Waals surface area contributed by atoms with Crippen molar-refractivity contribution in [1.82, 2.24) is 0 Å². The molecule has 0 unspecified atom stereocenters. The Morgan fingerprint density at radius 2 is 1.23 bits per heavy atom. The Morgan fingerprint density at radius 3 is 1.50 bits per heavy atom. The van der Waals surface area contributed by atoms with Crippen LogP contribution in [-0.2, 0) is 4.79 Å². The number of allylic oxidation sites excluding steroid dienone is 2. The molecule has 0 aromatic heterocycles. The number of halogens is 2. The summed E-state index contributed by atoms with van der Waals surface area (Å²) in [4.78, 5) is 12.0. The van der Waals surface area contributed by atoms with Gasteiger partial charge in [0.15, 0.2) is 5.78 Å². The van der Waals surface area contributed by atoms with E-state index in [-0.39, 0.29) is 17.5 Å². The van der Waals surface area contributed by atoms with E-state index in [1.807, 2.05) is 24.3 Å². The number of aliphatic hydroxyl groups excluding tert-OH is 1. The fourth-order valence-corrected chi connectivity index (χ4v) is 2.76. The molecule has 0 saturated heterocycles. The van der Waals surface area contributed by atoms with Crippen molar-refractivity contribution >= 4 is 29.0 Å². The SMILES string of the molecule is CC(=O)/C(=C(/C)O)C(c1ccc(Cl)cc1)c1ccc(Cl)cc1. The van der Waals surface area contributed by atoms with E-state index in [0.29, 0.717) is 15.6 Å². The Morgan fingerprint density at radius 1 is 0.864 bits per heavy atom. The number of aliphatic hydroxyl groups is 1. The molecule has 0 saturated carbocycles. The fraction of sp³-hybridized carbons (Fsp3) is 0.167. The third-order valence-electron chi connectivity index (χ3n) is 3.46. The molecule has 2 aromatic rings. The number of carbonyl (C=O) groups excluding carboxylic acids is 1. The predicted molar refractivity (Wildman–Crippen MR) is 90.8 cm³/mol. The van der Waals surface area contributed by atoms with Crippen LogP contribution in [0.25, 0.3) is 0 Å². The highest BCUT2D eigenvalue weighted by molar-refractivity contribution is 6.30. The number of ketones is 1. The molecular weight excluding hydrogens is 319 g/mol. The van der Waals surface area contributed by atoms with Gasteiger partial charge in [-0.15, -0.1) is 0 Å². The van der Waals surface area contributed by atoms with Crippen LogP contribution in [0.15, 0.2) is 59.9 Å². The van der Waals surface area contributed by atoms with Crippen LogP contribution in [-0.4, -0.2) is 10.9 Å². The summed E-state index contributed by atoms with van der Waals surface area (Å²) < 4.78 is 0. The molecule has 2 aromatic carbocycles. The first-order valence-electron chi connectivity index (χ1n) is 6.81. The van der Waals surface area contributed by atoms with E-state index in [4.69, 9.17) is 23.2 Å². The fourth-order valence-electron chi connectivity index (χ4n) is 2.50. The van der Waals surface area contributed by atoms with E-state index in [0.717, 1.165) is 11.1 Å². The Kier molecular flexibility index (Phi) is 5.28. The molecule has 2 nitrogen and oxygen atoms in total. The molecular formula is C18H16Cl2O2. The number of Topliss-reactive ketones (excluding diaryl/α,β-unsaturated/α-hetero) is 1. The Labute approximate surface area is 140 Å². The second kappa shape index (κ2) is 6.99. The third kappa shape index (κ3) is 3.70. The first-order chi connectivity index (χ1) is 10.4. The molecule has 0 atom stereocenters. The van der Waals surface area contributed by atoms with Gasteiger partial charge in [-0.1, -0.05) is 47.5 Å². The molecule has 0 aliphatic carbocycles. The van der Waals surface area contributed by atoms with Gasteiger partial charge in [-0.2, -0.15) is 0 Å². The van der Waals surface area contributed by atoms with Crippen LogP contribution in [0.4, 0.5) is 0 Å². The van der Waals surface area contributed by atoms with Crippen molar-refractivity contribution in [3.05, 3.63) is 81.0 Å². The minimum atomic E-state index is -0.364.